The van der Waals surface area contributed by atoms with Crippen LogP contribution in [-0.4, -0.2) is 18.2 Å². The van der Waals surface area contributed by atoms with Gasteiger partial charge in [0, 0.05) is 6.04 Å². The number of hydrogen-bond donors (Lipinski definition) is 2. The van der Waals surface area contributed by atoms with Gasteiger partial charge in [0.25, 0.3) is 0 Å². The van der Waals surface area contributed by atoms with Crippen LogP contribution in [0.2, 0.25) is 0 Å². The number of benzene rings is 1. The Morgan fingerprint density at radius 2 is 2.16 bits per heavy atom. The van der Waals surface area contributed by atoms with E-state index >= 15 is 0 Å². The number of hydrogen-bond acceptors (Lipinski definition) is 3. The molecule has 19 heavy (non-hydrogen) atoms. The van der Waals surface area contributed by atoms with Crippen LogP contribution in [0.15, 0.2) is 22.7 Å². The molecule has 0 saturated carbocycles. The molecule has 0 bridgehead atoms. The summed E-state index contributed by atoms with van der Waals surface area (Å²) in [7, 11) is 1.61. The summed E-state index contributed by atoms with van der Waals surface area (Å²) in [5.74, 6) is -0.0474. The lowest BCUT2D eigenvalue weighted by Crippen LogP contribution is -2.24. The van der Waals surface area contributed by atoms with Gasteiger partial charge in [0.1, 0.15) is 5.75 Å². The number of aliphatic carboxylic acids is 1. The highest BCUT2D eigenvalue weighted by molar-refractivity contribution is 9.10. The summed E-state index contributed by atoms with van der Waals surface area (Å²) in [6.07, 6.45) is 0.718. The standard InChI is InChI=1S/C14H20BrNO3/c1-14(2,8-13(17)18)7-11(16)9-4-5-12(19-3)10(15)6-9/h4-6,11H,7-8,16H2,1-3H3,(H,17,18). The third-order valence-electron chi connectivity index (χ3n) is 3.01. The molecular formula is C14H20BrNO3. The van der Waals surface area contributed by atoms with Gasteiger partial charge in [0.05, 0.1) is 18.0 Å². The first-order chi connectivity index (χ1) is 8.75. The lowest BCUT2D eigenvalue weighted by Gasteiger charge is -2.26. The lowest BCUT2D eigenvalue weighted by molar-refractivity contribution is -0.139. The van der Waals surface area contributed by atoms with Gasteiger partial charge in [-0.3, -0.25) is 4.79 Å². The van der Waals surface area contributed by atoms with Crippen LogP contribution in [-0.2, 0) is 4.79 Å². The summed E-state index contributed by atoms with van der Waals surface area (Å²) in [6.45, 7) is 3.83. The fraction of sp³-hybridized carbons (Fsp3) is 0.500. The first-order valence-electron chi connectivity index (χ1n) is 6.06. The maximum Gasteiger partial charge on any atom is 0.303 e. The number of halogens is 1. The van der Waals surface area contributed by atoms with Gasteiger partial charge in [-0.2, -0.15) is 0 Å². The van der Waals surface area contributed by atoms with Crippen LogP contribution >= 0.6 is 15.9 Å². The molecule has 0 spiro atoms. The number of ether oxygens (including phenoxy) is 1. The summed E-state index contributed by atoms with van der Waals surface area (Å²) < 4.78 is 6.01. The predicted octanol–water partition coefficient (Wildman–Crippen LogP) is 3.35. The van der Waals surface area contributed by atoms with Gasteiger partial charge in [-0.25, -0.2) is 0 Å². The van der Waals surface area contributed by atoms with E-state index in [1.807, 2.05) is 32.0 Å². The molecule has 0 amide bonds. The van der Waals surface area contributed by atoms with E-state index in [1.54, 1.807) is 7.11 Å². The Balaban J connectivity index is 2.80. The van der Waals surface area contributed by atoms with E-state index in [4.69, 9.17) is 15.6 Å². The van der Waals surface area contributed by atoms with Crippen molar-refractivity contribution in [2.24, 2.45) is 11.1 Å². The fourth-order valence-corrected chi connectivity index (χ4v) is 2.67. The van der Waals surface area contributed by atoms with Crippen molar-refractivity contribution in [1.29, 1.82) is 0 Å². The molecule has 0 fully saturated rings. The van der Waals surface area contributed by atoms with Crippen LogP contribution in [0.5, 0.6) is 5.75 Å². The van der Waals surface area contributed by atoms with E-state index < -0.39 is 5.97 Å². The average molecular weight is 330 g/mol. The van der Waals surface area contributed by atoms with Gasteiger partial charge < -0.3 is 15.6 Å². The van der Waals surface area contributed by atoms with Crippen molar-refractivity contribution < 1.29 is 14.6 Å². The Labute approximate surface area is 122 Å². The molecule has 0 aliphatic rings. The molecular weight excluding hydrogens is 310 g/mol. The zero-order valence-electron chi connectivity index (χ0n) is 11.4. The highest BCUT2D eigenvalue weighted by Gasteiger charge is 2.25. The number of carboxylic acid groups (broad SMARTS) is 1. The Morgan fingerprint density at radius 3 is 2.63 bits per heavy atom. The third-order valence-corrected chi connectivity index (χ3v) is 3.63. The molecule has 0 radical (unpaired) electrons. The van der Waals surface area contributed by atoms with Crippen molar-refractivity contribution in [2.75, 3.05) is 7.11 Å². The summed E-state index contributed by atoms with van der Waals surface area (Å²) in [6, 6.07) is 5.48. The largest absolute Gasteiger partial charge is 0.496 e. The molecule has 1 rings (SSSR count). The molecule has 4 nitrogen and oxygen atoms in total. The molecule has 0 aromatic heterocycles. The highest BCUT2D eigenvalue weighted by Crippen LogP contribution is 2.34. The van der Waals surface area contributed by atoms with Crippen LogP contribution in [0.25, 0.3) is 0 Å². The molecule has 1 aromatic carbocycles. The fourth-order valence-electron chi connectivity index (χ4n) is 2.11. The minimum atomic E-state index is -0.798. The topological polar surface area (TPSA) is 72.5 Å². The monoisotopic (exact) mass is 329 g/mol. The first-order valence-corrected chi connectivity index (χ1v) is 6.85. The number of carbonyl (C=O) groups is 1. The Bertz CT molecular complexity index is 460. The zero-order valence-corrected chi connectivity index (χ0v) is 13.0. The van der Waals surface area contributed by atoms with Crippen LogP contribution in [0.3, 0.4) is 0 Å². The number of methoxy groups -OCH3 is 1. The summed E-state index contributed by atoms with van der Waals surface area (Å²) in [4.78, 5) is 10.8. The third kappa shape index (κ3) is 4.84. The van der Waals surface area contributed by atoms with E-state index in [-0.39, 0.29) is 17.9 Å². The number of rotatable bonds is 6. The second kappa shape index (κ2) is 6.39. The van der Waals surface area contributed by atoms with Crippen molar-refractivity contribution in [3.8, 4) is 5.75 Å². The van der Waals surface area contributed by atoms with Gasteiger partial charge in [0.2, 0.25) is 0 Å². The van der Waals surface area contributed by atoms with E-state index in [0.717, 1.165) is 15.8 Å². The molecule has 1 aromatic rings. The maximum absolute atomic E-state index is 10.8. The molecule has 0 saturated heterocycles. The van der Waals surface area contributed by atoms with E-state index in [2.05, 4.69) is 15.9 Å². The van der Waals surface area contributed by atoms with Crippen molar-refractivity contribution in [2.45, 2.75) is 32.7 Å². The molecule has 0 aliphatic carbocycles. The summed E-state index contributed by atoms with van der Waals surface area (Å²) in [5.41, 5.74) is 6.79. The van der Waals surface area contributed by atoms with Crippen molar-refractivity contribution in [3.05, 3.63) is 28.2 Å². The maximum atomic E-state index is 10.8. The number of carboxylic acids is 1. The Kier molecular flexibility index (Phi) is 5.38. The minimum absolute atomic E-state index is 0.109. The smallest absolute Gasteiger partial charge is 0.303 e. The van der Waals surface area contributed by atoms with Gasteiger partial charge in [-0.1, -0.05) is 19.9 Å². The van der Waals surface area contributed by atoms with Crippen LogP contribution < -0.4 is 10.5 Å². The second-order valence-corrected chi connectivity index (χ2v) is 6.29. The molecule has 3 N–H and O–H groups in total. The zero-order chi connectivity index (χ0) is 14.6. The van der Waals surface area contributed by atoms with Crippen LogP contribution in [0, 0.1) is 5.41 Å². The quantitative estimate of drug-likeness (QED) is 0.839. The number of nitrogens with two attached hydrogens (primary N) is 1. The van der Waals surface area contributed by atoms with Gasteiger partial charge in [0.15, 0.2) is 0 Å². The van der Waals surface area contributed by atoms with E-state index in [0.29, 0.717) is 6.42 Å². The van der Waals surface area contributed by atoms with Crippen molar-refractivity contribution in [3.63, 3.8) is 0 Å². The Morgan fingerprint density at radius 1 is 1.53 bits per heavy atom. The van der Waals surface area contributed by atoms with Gasteiger partial charge in [-0.05, 0) is 45.5 Å². The predicted molar refractivity (Wildman–Crippen MR) is 78.3 cm³/mol. The minimum Gasteiger partial charge on any atom is -0.496 e. The molecule has 5 heteroatoms. The molecule has 0 aliphatic heterocycles. The van der Waals surface area contributed by atoms with Crippen LogP contribution in [0.4, 0.5) is 0 Å². The SMILES string of the molecule is COc1ccc(C(N)CC(C)(C)CC(=O)O)cc1Br. The van der Waals surface area contributed by atoms with Gasteiger partial charge in [-0.15, -0.1) is 0 Å². The van der Waals surface area contributed by atoms with Crippen LogP contribution in [0.1, 0.15) is 38.3 Å². The van der Waals surface area contributed by atoms with E-state index in [9.17, 15) is 4.79 Å². The van der Waals surface area contributed by atoms with Gasteiger partial charge >= 0.3 is 5.97 Å². The average Bonchev–Trinajstić information content (AvgIpc) is 2.26. The molecule has 1 unspecified atom stereocenters. The van der Waals surface area contributed by atoms with Crippen molar-refractivity contribution in [1.82, 2.24) is 0 Å². The highest BCUT2D eigenvalue weighted by atomic mass is 79.9. The lowest BCUT2D eigenvalue weighted by atomic mass is 9.81. The second-order valence-electron chi connectivity index (χ2n) is 5.44. The summed E-state index contributed by atoms with van der Waals surface area (Å²) in [5, 5.41) is 8.88. The first kappa shape index (κ1) is 16.0. The molecule has 106 valence electrons. The molecule has 1 atom stereocenters. The van der Waals surface area contributed by atoms with Crippen molar-refractivity contribution >= 4 is 21.9 Å². The Hall–Kier alpha value is -1.07. The van der Waals surface area contributed by atoms with E-state index in [1.165, 1.54) is 0 Å². The normalized spacial score (nSPS) is 13.1. The molecule has 0 heterocycles. The summed E-state index contributed by atoms with van der Waals surface area (Å²) >= 11 is 3.42.